The van der Waals surface area contributed by atoms with Crippen molar-refractivity contribution in [3.05, 3.63) is 28.8 Å². The summed E-state index contributed by atoms with van der Waals surface area (Å²) < 4.78 is 10.0. The van der Waals surface area contributed by atoms with Gasteiger partial charge in [-0.3, -0.25) is 4.79 Å². The molecule has 1 aromatic carbocycles. The predicted molar refractivity (Wildman–Crippen MR) is 72.8 cm³/mol. The molecule has 0 bridgehead atoms. The van der Waals surface area contributed by atoms with E-state index in [1.54, 1.807) is 20.1 Å². The Bertz CT molecular complexity index is 489. The number of rotatable bonds is 5. The smallest absolute Gasteiger partial charge is 0.379 e. The van der Waals surface area contributed by atoms with Gasteiger partial charge >= 0.3 is 5.97 Å². The topological polar surface area (TPSA) is 52.6 Å². The zero-order valence-electron chi connectivity index (χ0n) is 12.1. The molecular formula is C15H20O4. The van der Waals surface area contributed by atoms with Crippen LogP contribution in [0.2, 0.25) is 0 Å². The molecule has 0 spiro atoms. The lowest BCUT2D eigenvalue weighted by atomic mass is 9.92. The molecule has 0 amide bonds. The molecule has 0 N–H and O–H groups in total. The summed E-state index contributed by atoms with van der Waals surface area (Å²) >= 11 is 0. The van der Waals surface area contributed by atoms with Gasteiger partial charge in [0.25, 0.3) is 5.78 Å². The standard InChI is InChI=1S/C15H20O4/c1-6-19-15(17)14(16)12-7-10(4)13(18-5)8-11(12)9(2)3/h7-9H,6H2,1-5H3. The summed E-state index contributed by atoms with van der Waals surface area (Å²) in [5, 5.41) is 0. The molecule has 4 heteroatoms. The van der Waals surface area contributed by atoms with E-state index in [0.717, 1.165) is 11.1 Å². The minimum atomic E-state index is -0.811. The van der Waals surface area contributed by atoms with E-state index in [0.29, 0.717) is 11.3 Å². The first-order valence-electron chi connectivity index (χ1n) is 6.32. The van der Waals surface area contributed by atoms with Crippen LogP contribution in [0.15, 0.2) is 12.1 Å². The van der Waals surface area contributed by atoms with Crippen LogP contribution in [0.5, 0.6) is 5.75 Å². The molecule has 0 atom stereocenters. The average molecular weight is 264 g/mol. The van der Waals surface area contributed by atoms with E-state index >= 15 is 0 Å². The largest absolute Gasteiger partial charge is 0.496 e. The lowest BCUT2D eigenvalue weighted by molar-refractivity contribution is -0.137. The number of Topliss-reactive ketones (excluding diaryl/α,β-unsaturated/α-hetero) is 1. The third-order valence-corrected chi connectivity index (χ3v) is 2.89. The highest BCUT2D eigenvalue weighted by Crippen LogP contribution is 2.28. The van der Waals surface area contributed by atoms with Crippen LogP contribution in [0.4, 0.5) is 0 Å². The first-order chi connectivity index (χ1) is 8.92. The van der Waals surface area contributed by atoms with Crippen LogP contribution in [0.1, 0.15) is 48.2 Å². The highest BCUT2D eigenvalue weighted by Gasteiger charge is 2.23. The van der Waals surface area contributed by atoms with Crippen LogP contribution in [-0.4, -0.2) is 25.5 Å². The van der Waals surface area contributed by atoms with Gasteiger partial charge in [0.2, 0.25) is 0 Å². The zero-order chi connectivity index (χ0) is 14.6. The average Bonchev–Trinajstić information content (AvgIpc) is 2.37. The normalized spacial score (nSPS) is 10.4. The van der Waals surface area contributed by atoms with Crippen molar-refractivity contribution in [3.63, 3.8) is 0 Å². The van der Waals surface area contributed by atoms with E-state index < -0.39 is 11.8 Å². The molecule has 0 heterocycles. The maximum absolute atomic E-state index is 12.1. The summed E-state index contributed by atoms with van der Waals surface area (Å²) in [6.45, 7) is 7.63. The maximum Gasteiger partial charge on any atom is 0.379 e. The quantitative estimate of drug-likeness (QED) is 0.466. The molecule has 104 valence electrons. The SMILES string of the molecule is CCOC(=O)C(=O)c1cc(C)c(OC)cc1C(C)C. The highest BCUT2D eigenvalue weighted by atomic mass is 16.5. The summed E-state index contributed by atoms with van der Waals surface area (Å²) in [6.07, 6.45) is 0. The molecule has 19 heavy (non-hydrogen) atoms. The second kappa shape index (κ2) is 6.36. The lowest BCUT2D eigenvalue weighted by Crippen LogP contribution is -2.19. The predicted octanol–water partition coefficient (Wildman–Crippen LogP) is 2.87. The Morgan fingerprint density at radius 1 is 1.26 bits per heavy atom. The van der Waals surface area contributed by atoms with Crippen molar-refractivity contribution in [3.8, 4) is 5.75 Å². The molecule has 0 saturated carbocycles. The fourth-order valence-electron chi connectivity index (χ4n) is 1.90. The van der Waals surface area contributed by atoms with Crippen molar-refractivity contribution in [2.75, 3.05) is 13.7 Å². The molecular weight excluding hydrogens is 244 g/mol. The number of methoxy groups -OCH3 is 1. The van der Waals surface area contributed by atoms with Crippen LogP contribution in [0.3, 0.4) is 0 Å². The fraction of sp³-hybridized carbons (Fsp3) is 0.467. The molecule has 0 unspecified atom stereocenters. The third-order valence-electron chi connectivity index (χ3n) is 2.89. The number of carbonyl (C=O) groups excluding carboxylic acids is 2. The Kier molecular flexibility index (Phi) is 5.10. The molecule has 0 aliphatic heterocycles. The molecule has 0 saturated heterocycles. The molecule has 1 rings (SSSR count). The van der Waals surface area contributed by atoms with Gasteiger partial charge in [0.05, 0.1) is 13.7 Å². The van der Waals surface area contributed by atoms with Crippen molar-refractivity contribution in [2.24, 2.45) is 0 Å². The Balaban J connectivity index is 3.29. The zero-order valence-corrected chi connectivity index (χ0v) is 12.1. The van der Waals surface area contributed by atoms with E-state index in [4.69, 9.17) is 9.47 Å². The van der Waals surface area contributed by atoms with Gasteiger partial charge in [0.15, 0.2) is 0 Å². The molecule has 0 radical (unpaired) electrons. The first kappa shape index (κ1) is 15.2. The molecule has 0 aliphatic carbocycles. The van der Waals surface area contributed by atoms with Gasteiger partial charge in [-0.1, -0.05) is 13.8 Å². The van der Waals surface area contributed by atoms with Crippen LogP contribution in [-0.2, 0) is 9.53 Å². The summed E-state index contributed by atoms with van der Waals surface area (Å²) in [4.78, 5) is 23.7. The number of aryl methyl sites for hydroxylation is 1. The van der Waals surface area contributed by atoms with Gasteiger partial charge in [-0.05, 0) is 43.0 Å². The number of esters is 1. The van der Waals surface area contributed by atoms with Gasteiger partial charge < -0.3 is 9.47 Å². The van der Waals surface area contributed by atoms with Crippen LogP contribution in [0, 0.1) is 6.92 Å². The van der Waals surface area contributed by atoms with Crippen LogP contribution < -0.4 is 4.74 Å². The van der Waals surface area contributed by atoms with Crippen molar-refractivity contribution in [1.82, 2.24) is 0 Å². The van der Waals surface area contributed by atoms with Crippen LogP contribution in [0.25, 0.3) is 0 Å². The lowest BCUT2D eigenvalue weighted by Gasteiger charge is -2.15. The Labute approximate surface area is 113 Å². The van der Waals surface area contributed by atoms with Gasteiger partial charge in [-0.2, -0.15) is 0 Å². The number of hydrogen-bond acceptors (Lipinski definition) is 4. The summed E-state index contributed by atoms with van der Waals surface area (Å²) in [5.74, 6) is -0.586. The molecule has 0 aromatic heterocycles. The summed E-state index contributed by atoms with van der Waals surface area (Å²) in [5.41, 5.74) is 2.01. The molecule has 4 nitrogen and oxygen atoms in total. The highest BCUT2D eigenvalue weighted by molar-refractivity contribution is 6.41. The maximum atomic E-state index is 12.1. The van der Waals surface area contributed by atoms with Gasteiger partial charge in [-0.15, -0.1) is 0 Å². The molecule has 0 fully saturated rings. The van der Waals surface area contributed by atoms with E-state index in [1.807, 2.05) is 26.8 Å². The third kappa shape index (κ3) is 3.34. The number of carbonyl (C=O) groups is 2. The first-order valence-corrected chi connectivity index (χ1v) is 6.32. The number of ether oxygens (including phenoxy) is 2. The van der Waals surface area contributed by atoms with Crippen molar-refractivity contribution in [1.29, 1.82) is 0 Å². The molecule has 0 aliphatic rings. The number of ketones is 1. The van der Waals surface area contributed by atoms with Crippen LogP contribution >= 0.6 is 0 Å². The summed E-state index contributed by atoms with van der Waals surface area (Å²) in [6, 6.07) is 3.50. The van der Waals surface area contributed by atoms with Crippen molar-refractivity contribution < 1.29 is 19.1 Å². The van der Waals surface area contributed by atoms with Gasteiger partial charge in [0.1, 0.15) is 5.75 Å². The van der Waals surface area contributed by atoms with E-state index in [2.05, 4.69) is 0 Å². The molecule has 1 aromatic rings. The van der Waals surface area contributed by atoms with E-state index in [9.17, 15) is 9.59 Å². The second-order valence-electron chi connectivity index (χ2n) is 4.61. The second-order valence-corrected chi connectivity index (χ2v) is 4.61. The fourth-order valence-corrected chi connectivity index (χ4v) is 1.90. The Hall–Kier alpha value is -1.84. The van der Waals surface area contributed by atoms with Gasteiger partial charge in [0, 0.05) is 5.56 Å². The monoisotopic (exact) mass is 264 g/mol. The number of benzene rings is 1. The Morgan fingerprint density at radius 2 is 1.89 bits per heavy atom. The van der Waals surface area contributed by atoms with Crippen molar-refractivity contribution >= 4 is 11.8 Å². The van der Waals surface area contributed by atoms with E-state index in [-0.39, 0.29) is 12.5 Å². The minimum absolute atomic E-state index is 0.114. The summed E-state index contributed by atoms with van der Waals surface area (Å²) in [7, 11) is 1.58. The van der Waals surface area contributed by atoms with E-state index in [1.165, 1.54) is 0 Å². The number of hydrogen-bond donors (Lipinski definition) is 0. The Morgan fingerprint density at radius 3 is 2.37 bits per heavy atom. The van der Waals surface area contributed by atoms with Gasteiger partial charge in [-0.25, -0.2) is 4.79 Å². The van der Waals surface area contributed by atoms with Crippen molar-refractivity contribution in [2.45, 2.75) is 33.6 Å². The minimum Gasteiger partial charge on any atom is -0.496 e.